The van der Waals surface area contributed by atoms with E-state index in [1.54, 1.807) is 6.20 Å². The molecule has 1 aliphatic heterocycles. The summed E-state index contributed by atoms with van der Waals surface area (Å²) in [5.41, 5.74) is 4.13. The van der Waals surface area contributed by atoms with Crippen LogP contribution in [0.5, 0.6) is 0 Å². The van der Waals surface area contributed by atoms with Crippen molar-refractivity contribution in [2.75, 3.05) is 38.0 Å². The van der Waals surface area contributed by atoms with Gasteiger partial charge in [0, 0.05) is 55.2 Å². The molecule has 0 unspecified atom stereocenters. The molecule has 6 rings (SSSR count). The fourth-order valence-electron chi connectivity index (χ4n) is 5.40. The van der Waals surface area contributed by atoms with Crippen LogP contribution in [0.15, 0.2) is 48.8 Å². The van der Waals surface area contributed by atoms with Gasteiger partial charge in [0.25, 0.3) is 5.91 Å². The number of thiazole rings is 1. The van der Waals surface area contributed by atoms with E-state index >= 15 is 0 Å². The molecule has 206 valence electrons. The molecule has 2 aromatic carbocycles. The van der Waals surface area contributed by atoms with Gasteiger partial charge in [-0.15, -0.1) is 11.3 Å². The fraction of sp³-hybridized carbons (Fsp3) is 0.310. The lowest BCUT2D eigenvalue weighted by Gasteiger charge is -2.35. The number of carboxylic acids is 1. The van der Waals surface area contributed by atoms with Crippen molar-refractivity contribution in [1.82, 2.24) is 30.0 Å². The van der Waals surface area contributed by atoms with Gasteiger partial charge in [-0.3, -0.25) is 14.8 Å². The monoisotopic (exact) mass is 557 g/mol. The number of aromatic nitrogens is 4. The van der Waals surface area contributed by atoms with Gasteiger partial charge in [-0.25, -0.2) is 9.78 Å². The van der Waals surface area contributed by atoms with Crippen LogP contribution in [0.3, 0.4) is 0 Å². The Balaban J connectivity index is 1.26. The van der Waals surface area contributed by atoms with Gasteiger partial charge in [0.1, 0.15) is 9.88 Å². The van der Waals surface area contributed by atoms with E-state index in [1.165, 1.54) is 0 Å². The molecule has 4 heterocycles. The molecule has 1 fully saturated rings. The molecule has 40 heavy (non-hydrogen) atoms. The Morgan fingerprint density at radius 1 is 1.07 bits per heavy atom. The van der Waals surface area contributed by atoms with Crippen molar-refractivity contribution in [3.05, 3.63) is 64.4 Å². The van der Waals surface area contributed by atoms with E-state index in [-0.39, 0.29) is 10.6 Å². The smallest absolute Gasteiger partial charge is 0.348 e. The summed E-state index contributed by atoms with van der Waals surface area (Å²) >= 11 is 1.07. The first kappa shape index (κ1) is 26.2. The Hall–Kier alpha value is -4.06. The van der Waals surface area contributed by atoms with Crippen LogP contribution >= 0.6 is 11.3 Å². The molecular weight excluding hydrogens is 526 g/mol. The molecule has 1 saturated heterocycles. The third-order valence-corrected chi connectivity index (χ3v) is 8.27. The molecule has 5 aromatic rings. The maximum Gasteiger partial charge on any atom is 0.348 e. The molecule has 0 saturated carbocycles. The maximum absolute atomic E-state index is 13.5. The molecule has 1 aliphatic rings. The second kappa shape index (κ2) is 10.8. The van der Waals surface area contributed by atoms with Gasteiger partial charge in [-0.1, -0.05) is 26.0 Å². The van der Waals surface area contributed by atoms with Crippen LogP contribution < -0.4 is 5.32 Å². The second-order valence-electron chi connectivity index (χ2n) is 10.6. The number of hydrogen-bond donors (Lipinski definition) is 4. The van der Waals surface area contributed by atoms with Gasteiger partial charge in [0.15, 0.2) is 5.69 Å². The molecule has 10 nitrogen and oxygen atoms in total. The van der Waals surface area contributed by atoms with E-state index in [0.29, 0.717) is 23.2 Å². The zero-order valence-electron chi connectivity index (χ0n) is 22.4. The normalized spacial score (nSPS) is 14.9. The Labute approximate surface area is 235 Å². The molecule has 3 aromatic heterocycles. The fourth-order valence-corrected chi connectivity index (χ4v) is 6.34. The Kier molecular flexibility index (Phi) is 7.09. The predicted molar refractivity (Wildman–Crippen MR) is 157 cm³/mol. The third-order valence-electron chi connectivity index (χ3n) is 7.24. The number of amides is 1. The highest BCUT2D eigenvalue weighted by Gasteiger charge is 2.26. The number of rotatable bonds is 8. The number of piperazine rings is 1. The van der Waals surface area contributed by atoms with E-state index in [0.717, 1.165) is 77.0 Å². The second-order valence-corrected chi connectivity index (χ2v) is 11.7. The molecule has 0 radical (unpaired) electrons. The van der Waals surface area contributed by atoms with E-state index in [2.05, 4.69) is 49.1 Å². The number of hydrogen-bond acceptors (Lipinski definition) is 7. The van der Waals surface area contributed by atoms with Crippen LogP contribution in [-0.2, 0) is 6.54 Å². The number of aromatic carboxylic acids is 1. The van der Waals surface area contributed by atoms with E-state index in [4.69, 9.17) is 0 Å². The molecule has 11 heteroatoms. The first-order valence-corrected chi connectivity index (χ1v) is 14.2. The number of aromatic amines is 2. The van der Waals surface area contributed by atoms with Gasteiger partial charge in [0.05, 0.1) is 23.9 Å². The number of benzene rings is 2. The number of carbonyl (C=O) groups is 2. The molecular formula is C29H31N7O3S. The number of anilines is 1. The molecule has 0 atom stereocenters. The number of nitrogens with zero attached hydrogens (tertiary/aromatic N) is 4. The average molecular weight is 558 g/mol. The quantitative estimate of drug-likeness (QED) is 0.214. The summed E-state index contributed by atoms with van der Waals surface area (Å²) in [5.74, 6) is -1.09. The summed E-state index contributed by atoms with van der Waals surface area (Å²) in [6.07, 6.45) is 3.54. The summed E-state index contributed by atoms with van der Waals surface area (Å²) < 4.78 is 0. The first-order valence-electron chi connectivity index (χ1n) is 13.4. The van der Waals surface area contributed by atoms with E-state index in [9.17, 15) is 14.7 Å². The van der Waals surface area contributed by atoms with Crippen LogP contribution in [0.4, 0.5) is 5.69 Å². The Morgan fingerprint density at radius 2 is 1.88 bits per heavy atom. The van der Waals surface area contributed by atoms with Crippen LogP contribution in [-0.4, -0.2) is 79.7 Å². The third kappa shape index (κ3) is 5.23. The number of fused-ring (bicyclic) bond motifs is 2. The summed E-state index contributed by atoms with van der Waals surface area (Å²) in [6.45, 7) is 9.74. The highest BCUT2D eigenvalue weighted by atomic mass is 32.1. The molecule has 0 spiro atoms. The summed E-state index contributed by atoms with van der Waals surface area (Å²) in [4.78, 5) is 38.0. The Morgan fingerprint density at radius 3 is 2.65 bits per heavy atom. The van der Waals surface area contributed by atoms with Crippen molar-refractivity contribution in [3.63, 3.8) is 0 Å². The van der Waals surface area contributed by atoms with Gasteiger partial charge in [-0.05, 0) is 41.3 Å². The van der Waals surface area contributed by atoms with Gasteiger partial charge in [-0.2, -0.15) is 5.10 Å². The lowest BCUT2D eigenvalue weighted by Crippen LogP contribution is -2.46. The first-order chi connectivity index (χ1) is 19.4. The SMILES string of the molecule is CC(C)CN1CCN(Cc2nc(C(=O)Nc3cc(-c4cccc5[nH]ccc45)cc4[nH]ncc34)c(C(=O)O)s2)CC1. The van der Waals surface area contributed by atoms with Gasteiger partial charge < -0.3 is 20.3 Å². The average Bonchev–Trinajstić information content (AvgIpc) is 3.69. The van der Waals surface area contributed by atoms with E-state index in [1.807, 2.05) is 42.6 Å². The largest absolute Gasteiger partial charge is 0.477 e. The number of carbonyl (C=O) groups excluding carboxylic acids is 1. The summed E-state index contributed by atoms with van der Waals surface area (Å²) in [5, 5.41) is 22.4. The lowest BCUT2D eigenvalue weighted by atomic mass is 9.99. The maximum atomic E-state index is 13.5. The Bertz CT molecular complexity index is 1690. The zero-order valence-corrected chi connectivity index (χ0v) is 23.2. The van der Waals surface area contributed by atoms with Crippen molar-refractivity contribution in [1.29, 1.82) is 0 Å². The van der Waals surface area contributed by atoms with Gasteiger partial charge in [0.2, 0.25) is 0 Å². The number of nitrogens with one attached hydrogen (secondary N) is 3. The van der Waals surface area contributed by atoms with Crippen LogP contribution in [0, 0.1) is 5.92 Å². The van der Waals surface area contributed by atoms with Crippen molar-refractivity contribution in [2.24, 2.45) is 5.92 Å². The standard InChI is InChI=1S/C29H31N7O3S/c1-17(2)15-35-8-10-36(11-9-35)16-25-33-26(27(40-25)29(38)39)28(37)32-23-12-18(13-24-21(23)14-31-34-24)19-4-3-5-22-20(19)6-7-30-22/h3-7,12-14,17,30H,8-11,15-16H2,1-2H3,(H,31,34)(H,32,37)(H,38,39). The van der Waals surface area contributed by atoms with E-state index < -0.39 is 11.9 Å². The van der Waals surface area contributed by atoms with Crippen LogP contribution in [0.25, 0.3) is 32.9 Å². The minimum Gasteiger partial charge on any atom is -0.477 e. The summed E-state index contributed by atoms with van der Waals surface area (Å²) in [7, 11) is 0. The molecule has 0 bridgehead atoms. The van der Waals surface area contributed by atoms with Crippen molar-refractivity contribution < 1.29 is 14.7 Å². The van der Waals surface area contributed by atoms with Crippen LogP contribution in [0.2, 0.25) is 0 Å². The topological polar surface area (TPSA) is 130 Å². The molecule has 0 aliphatic carbocycles. The molecule has 1 amide bonds. The van der Waals surface area contributed by atoms with Crippen molar-refractivity contribution in [3.8, 4) is 11.1 Å². The number of H-pyrrole nitrogens is 2. The highest BCUT2D eigenvalue weighted by Crippen LogP contribution is 2.34. The lowest BCUT2D eigenvalue weighted by molar-refractivity contribution is 0.0697. The van der Waals surface area contributed by atoms with Gasteiger partial charge >= 0.3 is 5.97 Å². The molecule has 4 N–H and O–H groups in total. The minimum absolute atomic E-state index is 0.0531. The van der Waals surface area contributed by atoms with Crippen molar-refractivity contribution in [2.45, 2.75) is 20.4 Å². The predicted octanol–water partition coefficient (Wildman–Crippen LogP) is 4.89. The van der Waals surface area contributed by atoms with Crippen molar-refractivity contribution >= 4 is 50.7 Å². The minimum atomic E-state index is -1.16. The highest BCUT2D eigenvalue weighted by molar-refractivity contribution is 7.13. The zero-order chi connectivity index (χ0) is 27.8. The summed E-state index contributed by atoms with van der Waals surface area (Å²) in [6, 6.07) is 11.9. The number of carboxylic acid groups (broad SMARTS) is 1. The van der Waals surface area contributed by atoms with Crippen LogP contribution in [0.1, 0.15) is 39.0 Å².